The highest BCUT2D eigenvalue weighted by Crippen LogP contribution is 2.32. The van der Waals surface area contributed by atoms with Gasteiger partial charge in [0.2, 0.25) is 0 Å². The Morgan fingerprint density at radius 3 is 2.26 bits per heavy atom. The molecule has 1 heterocycles. The number of carboxylic acid groups (broad SMARTS) is 1. The number of aryl methyl sites for hydroxylation is 2. The van der Waals surface area contributed by atoms with E-state index >= 15 is 0 Å². The number of aromatic hydroxyl groups is 1. The van der Waals surface area contributed by atoms with Crippen molar-refractivity contribution in [3.63, 3.8) is 0 Å². The summed E-state index contributed by atoms with van der Waals surface area (Å²) in [5, 5.41) is 28.1. The van der Waals surface area contributed by atoms with Crippen LogP contribution in [0.25, 0.3) is 11.3 Å². The zero-order valence-corrected chi connectivity index (χ0v) is 17.6. The number of benzene rings is 2. The topological polar surface area (TPSA) is 117 Å². The Bertz CT molecular complexity index is 1130. The van der Waals surface area contributed by atoms with Crippen molar-refractivity contribution in [1.82, 2.24) is 15.2 Å². The molecular formula is C23H24N4O4. The summed E-state index contributed by atoms with van der Waals surface area (Å²) in [6, 6.07) is 13.4. The maximum absolute atomic E-state index is 12.3. The number of carbonyl (C=O) groups excluding carboxylic acids is 1. The van der Waals surface area contributed by atoms with Crippen LogP contribution in [-0.4, -0.2) is 37.6 Å². The third kappa shape index (κ3) is 4.80. The first-order chi connectivity index (χ1) is 14.8. The van der Waals surface area contributed by atoms with Crippen molar-refractivity contribution in [2.75, 3.05) is 0 Å². The molecule has 0 bridgehead atoms. The van der Waals surface area contributed by atoms with Crippen LogP contribution in [0.3, 0.4) is 0 Å². The second-order valence-electron chi connectivity index (χ2n) is 7.14. The predicted octanol–water partition coefficient (Wildman–Crippen LogP) is 3.60. The Morgan fingerprint density at radius 2 is 1.68 bits per heavy atom. The summed E-state index contributed by atoms with van der Waals surface area (Å²) >= 11 is 0. The van der Waals surface area contributed by atoms with Crippen molar-refractivity contribution >= 4 is 17.6 Å². The van der Waals surface area contributed by atoms with Gasteiger partial charge in [-0.2, -0.15) is 10.2 Å². The summed E-state index contributed by atoms with van der Waals surface area (Å²) in [4.78, 5) is 23.2. The molecule has 0 saturated carbocycles. The lowest BCUT2D eigenvalue weighted by atomic mass is 10.0. The third-order valence-electron chi connectivity index (χ3n) is 4.85. The summed E-state index contributed by atoms with van der Waals surface area (Å²) in [7, 11) is 1.73. The fourth-order valence-electron chi connectivity index (χ4n) is 3.21. The summed E-state index contributed by atoms with van der Waals surface area (Å²) in [6.45, 7) is 3.75. The highest BCUT2D eigenvalue weighted by atomic mass is 16.4. The summed E-state index contributed by atoms with van der Waals surface area (Å²) in [5.41, 5.74) is 5.96. The Labute approximate surface area is 179 Å². The summed E-state index contributed by atoms with van der Waals surface area (Å²) < 4.78 is 1.57. The number of carbonyl (C=O) groups is 2. The fraction of sp³-hybridized carbons (Fsp3) is 0.217. The standard InChI is InChI=1S/C23H24N4O4/c1-4-5-15-6-8-16(9-7-15)20-21(28)19(26-27(20)3)14(2)24-25-22(29)17-10-12-18(13-11-17)23(30)31/h6-13,28H,4-5H2,1-3H3,(H,25,29)(H,30,31). The molecule has 1 amide bonds. The smallest absolute Gasteiger partial charge is 0.335 e. The molecule has 0 aliphatic heterocycles. The average Bonchev–Trinajstić information content (AvgIpc) is 3.06. The molecule has 8 nitrogen and oxygen atoms in total. The van der Waals surface area contributed by atoms with E-state index in [0.29, 0.717) is 11.4 Å². The molecule has 0 spiro atoms. The SMILES string of the molecule is CCCc1ccc(-c2c(O)c(C(C)=NNC(=O)c3ccc(C(=O)O)cc3)nn2C)cc1. The Morgan fingerprint density at radius 1 is 1.06 bits per heavy atom. The van der Waals surface area contributed by atoms with Gasteiger partial charge in [0.25, 0.3) is 5.91 Å². The lowest BCUT2D eigenvalue weighted by molar-refractivity contribution is 0.0696. The van der Waals surface area contributed by atoms with E-state index in [0.717, 1.165) is 18.4 Å². The molecule has 0 radical (unpaired) electrons. The number of carboxylic acids is 1. The number of hydrazone groups is 1. The molecule has 0 aliphatic rings. The molecule has 1 aromatic heterocycles. The van der Waals surface area contributed by atoms with Gasteiger partial charge in [-0.25, -0.2) is 10.2 Å². The van der Waals surface area contributed by atoms with Crippen LogP contribution in [0.5, 0.6) is 5.75 Å². The van der Waals surface area contributed by atoms with Gasteiger partial charge < -0.3 is 10.2 Å². The molecule has 8 heteroatoms. The van der Waals surface area contributed by atoms with Crippen molar-refractivity contribution < 1.29 is 19.8 Å². The first kappa shape index (κ1) is 21.8. The van der Waals surface area contributed by atoms with Crippen LogP contribution < -0.4 is 5.43 Å². The van der Waals surface area contributed by atoms with Crippen molar-refractivity contribution in [3.05, 3.63) is 70.9 Å². The lowest BCUT2D eigenvalue weighted by Crippen LogP contribution is -2.19. The van der Waals surface area contributed by atoms with Gasteiger partial charge in [0, 0.05) is 18.2 Å². The number of hydrogen-bond donors (Lipinski definition) is 3. The van der Waals surface area contributed by atoms with E-state index in [1.54, 1.807) is 18.7 Å². The van der Waals surface area contributed by atoms with E-state index in [4.69, 9.17) is 5.11 Å². The maximum Gasteiger partial charge on any atom is 0.335 e. The Balaban J connectivity index is 1.79. The van der Waals surface area contributed by atoms with Gasteiger partial charge in [-0.3, -0.25) is 9.48 Å². The minimum absolute atomic E-state index is 0.0212. The van der Waals surface area contributed by atoms with E-state index < -0.39 is 11.9 Å². The van der Waals surface area contributed by atoms with E-state index in [1.165, 1.54) is 29.8 Å². The number of hydrogen-bond acceptors (Lipinski definition) is 5. The van der Waals surface area contributed by atoms with Crippen LogP contribution in [0.4, 0.5) is 0 Å². The number of amides is 1. The molecule has 0 unspecified atom stereocenters. The summed E-state index contributed by atoms with van der Waals surface area (Å²) in [6.07, 6.45) is 2.05. The summed E-state index contributed by atoms with van der Waals surface area (Å²) in [5.74, 6) is -1.59. The maximum atomic E-state index is 12.3. The molecule has 3 N–H and O–H groups in total. The predicted molar refractivity (Wildman–Crippen MR) is 117 cm³/mol. The van der Waals surface area contributed by atoms with E-state index in [-0.39, 0.29) is 22.6 Å². The van der Waals surface area contributed by atoms with Gasteiger partial charge in [-0.1, -0.05) is 37.6 Å². The highest BCUT2D eigenvalue weighted by Gasteiger charge is 2.19. The van der Waals surface area contributed by atoms with Crippen molar-refractivity contribution in [2.45, 2.75) is 26.7 Å². The molecule has 31 heavy (non-hydrogen) atoms. The molecule has 0 fully saturated rings. The van der Waals surface area contributed by atoms with Crippen LogP contribution in [0.15, 0.2) is 53.6 Å². The average molecular weight is 420 g/mol. The normalized spacial score (nSPS) is 11.4. The molecule has 3 aromatic rings. The second-order valence-corrected chi connectivity index (χ2v) is 7.14. The zero-order valence-electron chi connectivity index (χ0n) is 17.6. The van der Waals surface area contributed by atoms with Crippen LogP contribution in [0.2, 0.25) is 0 Å². The Kier molecular flexibility index (Phi) is 6.49. The van der Waals surface area contributed by atoms with Crippen molar-refractivity contribution in [1.29, 1.82) is 0 Å². The molecule has 2 aromatic carbocycles. The van der Waals surface area contributed by atoms with Gasteiger partial charge in [-0.05, 0) is 43.2 Å². The first-order valence-corrected chi connectivity index (χ1v) is 9.85. The molecule has 0 aliphatic carbocycles. The lowest BCUT2D eigenvalue weighted by Gasteiger charge is -2.05. The highest BCUT2D eigenvalue weighted by molar-refractivity contribution is 6.02. The van der Waals surface area contributed by atoms with Gasteiger partial charge in [0.15, 0.2) is 11.4 Å². The molecule has 0 saturated heterocycles. The van der Waals surface area contributed by atoms with Crippen LogP contribution in [-0.2, 0) is 13.5 Å². The number of nitrogens with zero attached hydrogens (tertiary/aromatic N) is 3. The van der Waals surface area contributed by atoms with Crippen LogP contribution >= 0.6 is 0 Å². The van der Waals surface area contributed by atoms with E-state index in [9.17, 15) is 14.7 Å². The van der Waals surface area contributed by atoms with E-state index in [2.05, 4.69) is 22.5 Å². The second kappa shape index (κ2) is 9.25. The van der Waals surface area contributed by atoms with Gasteiger partial charge in [-0.15, -0.1) is 0 Å². The van der Waals surface area contributed by atoms with Gasteiger partial charge >= 0.3 is 5.97 Å². The number of rotatable bonds is 7. The largest absolute Gasteiger partial charge is 0.504 e. The zero-order chi connectivity index (χ0) is 22.5. The fourth-order valence-corrected chi connectivity index (χ4v) is 3.21. The van der Waals surface area contributed by atoms with Crippen molar-refractivity contribution in [2.24, 2.45) is 12.1 Å². The van der Waals surface area contributed by atoms with E-state index in [1.807, 2.05) is 24.3 Å². The van der Waals surface area contributed by atoms with Crippen LogP contribution in [0.1, 0.15) is 52.2 Å². The number of nitrogens with one attached hydrogen (secondary N) is 1. The third-order valence-corrected chi connectivity index (χ3v) is 4.85. The molecular weight excluding hydrogens is 396 g/mol. The molecule has 160 valence electrons. The molecule has 0 atom stereocenters. The van der Waals surface area contributed by atoms with Gasteiger partial charge in [0.05, 0.1) is 11.3 Å². The monoisotopic (exact) mass is 420 g/mol. The molecule has 3 rings (SSSR count). The first-order valence-electron chi connectivity index (χ1n) is 9.85. The minimum atomic E-state index is -1.07. The minimum Gasteiger partial charge on any atom is -0.504 e. The van der Waals surface area contributed by atoms with Crippen LogP contribution in [0, 0.1) is 0 Å². The van der Waals surface area contributed by atoms with Gasteiger partial charge in [0.1, 0.15) is 5.69 Å². The quantitative estimate of drug-likeness (QED) is 0.399. The number of aromatic nitrogens is 2. The van der Waals surface area contributed by atoms with Crippen molar-refractivity contribution in [3.8, 4) is 17.0 Å². The Hall–Kier alpha value is -3.94. The number of aromatic carboxylic acids is 1.